The highest BCUT2D eigenvalue weighted by molar-refractivity contribution is 9.10. The normalized spacial score (nSPS) is 17.6. The Labute approximate surface area is 128 Å². The van der Waals surface area contributed by atoms with E-state index in [1.54, 1.807) is 0 Å². The van der Waals surface area contributed by atoms with Gasteiger partial charge < -0.3 is 0 Å². The Morgan fingerprint density at radius 3 is 2.85 bits per heavy atom. The second kappa shape index (κ2) is 5.53. The topological polar surface area (TPSA) is 17.1 Å². The molecule has 0 saturated heterocycles. The fourth-order valence-electron chi connectivity index (χ4n) is 3.07. The average molecular weight is 329 g/mol. The van der Waals surface area contributed by atoms with Gasteiger partial charge in [-0.15, -0.1) is 0 Å². The molecule has 0 aromatic heterocycles. The van der Waals surface area contributed by atoms with Gasteiger partial charge in [-0.05, 0) is 55.0 Å². The zero-order valence-corrected chi connectivity index (χ0v) is 13.1. The molecule has 1 aliphatic carbocycles. The Kier molecular flexibility index (Phi) is 3.75. The van der Waals surface area contributed by atoms with Crippen LogP contribution in [-0.2, 0) is 6.42 Å². The summed E-state index contributed by atoms with van der Waals surface area (Å²) < 4.78 is 0.968. The Morgan fingerprint density at radius 2 is 2.00 bits per heavy atom. The van der Waals surface area contributed by atoms with Crippen molar-refractivity contribution in [2.24, 2.45) is 0 Å². The van der Waals surface area contributed by atoms with E-state index in [9.17, 15) is 4.79 Å². The van der Waals surface area contributed by atoms with Gasteiger partial charge in [-0.3, -0.25) is 4.79 Å². The molecule has 0 N–H and O–H groups in total. The van der Waals surface area contributed by atoms with Crippen LogP contribution in [0.4, 0.5) is 0 Å². The third kappa shape index (κ3) is 2.45. The summed E-state index contributed by atoms with van der Waals surface area (Å²) in [7, 11) is 0. The van der Waals surface area contributed by atoms with Gasteiger partial charge in [0.05, 0.1) is 0 Å². The lowest BCUT2D eigenvalue weighted by Crippen LogP contribution is -2.19. The minimum absolute atomic E-state index is 0.0212. The molecule has 0 fully saturated rings. The molecule has 102 valence electrons. The van der Waals surface area contributed by atoms with Crippen LogP contribution in [0.2, 0.25) is 0 Å². The van der Waals surface area contributed by atoms with Crippen LogP contribution in [0.5, 0.6) is 0 Å². The molecule has 0 bridgehead atoms. The van der Waals surface area contributed by atoms with Crippen LogP contribution in [0, 0.1) is 6.92 Å². The van der Waals surface area contributed by atoms with Gasteiger partial charge in [0.25, 0.3) is 0 Å². The number of hydrogen-bond acceptors (Lipinski definition) is 1. The maximum Gasteiger partial charge on any atom is 0.170 e. The van der Waals surface area contributed by atoms with Gasteiger partial charge >= 0.3 is 0 Å². The van der Waals surface area contributed by atoms with Gasteiger partial charge in [0, 0.05) is 16.0 Å². The lowest BCUT2D eigenvalue weighted by atomic mass is 9.78. The highest BCUT2D eigenvalue weighted by Crippen LogP contribution is 2.35. The Hall–Kier alpha value is -1.41. The molecule has 20 heavy (non-hydrogen) atoms. The van der Waals surface area contributed by atoms with E-state index in [4.69, 9.17) is 0 Å². The molecule has 0 aliphatic heterocycles. The number of Topliss-reactive ketones (excluding diaryl/α,β-unsaturated/α-hetero) is 1. The molecule has 3 rings (SSSR count). The van der Waals surface area contributed by atoms with Crippen molar-refractivity contribution in [2.75, 3.05) is 0 Å². The van der Waals surface area contributed by atoms with Gasteiger partial charge in [0.15, 0.2) is 5.78 Å². The quantitative estimate of drug-likeness (QED) is 0.704. The zero-order chi connectivity index (χ0) is 14.1. The van der Waals surface area contributed by atoms with Crippen molar-refractivity contribution in [3.05, 3.63) is 69.2 Å². The molecule has 2 heteroatoms. The highest BCUT2D eigenvalue weighted by Gasteiger charge is 2.27. The number of carbonyl (C=O) groups is 1. The summed E-state index contributed by atoms with van der Waals surface area (Å²) in [5.41, 5.74) is 4.47. The van der Waals surface area contributed by atoms with Crippen LogP contribution in [0.25, 0.3) is 0 Å². The molecule has 2 aromatic rings. The molecular weight excluding hydrogens is 312 g/mol. The largest absolute Gasteiger partial charge is 0.293 e. The molecule has 1 nitrogen and oxygen atoms in total. The number of carbonyl (C=O) groups excluding carboxylic acids is 1. The lowest BCUT2D eigenvalue weighted by Gasteiger charge is -2.25. The molecule has 0 spiro atoms. The lowest BCUT2D eigenvalue weighted by molar-refractivity contribution is 0.0950. The summed E-state index contributed by atoms with van der Waals surface area (Å²) in [6.45, 7) is 2.01. The van der Waals surface area contributed by atoms with Crippen molar-refractivity contribution in [2.45, 2.75) is 32.1 Å². The zero-order valence-electron chi connectivity index (χ0n) is 11.5. The third-order valence-corrected chi connectivity index (χ3v) is 4.64. The second-order valence-electron chi connectivity index (χ2n) is 5.47. The maximum atomic E-state index is 12.9. The molecular formula is C18H17BrO. The predicted octanol–water partition coefficient (Wildman–Crippen LogP) is 5.06. The van der Waals surface area contributed by atoms with Crippen LogP contribution in [-0.4, -0.2) is 5.78 Å². The van der Waals surface area contributed by atoms with Gasteiger partial charge in [-0.25, -0.2) is 0 Å². The van der Waals surface area contributed by atoms with E-state index < -0.39 is 0 Å². The Morgan fingerprint density at radius 1 is 1.20 bits per heavy atom. The van der Waals surface area contributed by atoms with Crippen molar-refractivity contribution >= 4 is 21.7 Å². The van der Waals surface area contributed by atoms with Crippen LogP contribution in [0.1, 0.15) is 45.8 Å². The summed E-state index contributed by atoms with van der Waals surface area (Å²) >= 11 is 3.47. The molecule has 1 unspecified atom stereocenters. The van der Waals surface area contributed by atoms with Crippen LogP contribution < -0.4 is 0 Å². The van der Waals surface area contributed by atoms with Gasteiger partial charge in [-0.1, -0.05) is 46.3 Å². The molecule has 0 amide bonds. The van der Waals surface area contributed by atoms with Gasteiger partial charge in [-0.2, -0.15) is 0 Å². The first-order valence-corrected chi connectivity index (χ1v) is 7.84. The molecule has 0 heterocycles. The second-order valence-corrected chi connectivity index (χ2v) is 6.38. The number of benzene rings is 2. The average Bonchev–Trinajstić information content (AvgIpc) is 2.48. The van der Waals surface area contributed by atoms with Crippen molar-refractivity contribution in [1.82, 2.24) is 0 Å². The van der Waals surface area contributed by atoms with Crippen LogP contribution >= 0.6 is 15.9 Å². The maximum absolute atomic E-state index is 12.9. The van der Waals surface area contributed by atoms with E-state index in [-0.39, 0.29) is 11.7 Å². The smallest absolute Gasteiger partial charge is 0.170 e. The summed E-state index contributed by atoms with van der Waals surface area (Å²) in [5.74, 6) is 0.281. The number of halogens is 1. The number of aryl methyl sites for hydroxylation is 2. The predicted molar refractivity (Wildman–Crippen MR) is 85.3 cm³/mol. The third-order valence-electron chi connectivity index (χ3n) is 4.15. The molecule has 0 radical (unpaired) electrons. The number of ketones is 1. The molecule has 1 atom stereocenters. The first kappa shape index (κ1) is 13.6. The standard InChI is InChI=1S/C18H17BrO/c1-12-9-10-14(19)11-17(12)18(20)16-8-4-6-13-5-2-3-7-15(13)16/h2-3,5,7,9-11,16H,4,6,8H2,1H3. The van der Waals surface area contributed by atoms with Crippen molar-refractivity contribution in [3.63, 3.8) is 0 Å². The van der Waals surface area contributed by atoms with E-state index in [2.05, 4.69) is 34.1 Å². The molecule has 1 aliphatic rings. The fraction of sp³-hybridized carbons (Fsp3) is 0.278. The van der Waals surface area contributed by atoms with Crippen molar-refractivity contribution in [1.29, 1.82) is 0 Å². The van der Waals surface area contributed by atoms with Crippen LogP contribution in [0.15, 0.2) is 46.9 Å². The highest BCUT2D eigenvalue weighted by atomic mass is 79.9. The first-order chi connectivity index (χ1) is 9.66. The number of hydrogen-bond donors (Lipinski definition) is 0. The first-order valence-electron chi connectivity index (χ1n) is 7.05. The SMILES string of the molecule is Cc1ccc(Br)cc1C(=O)C1CCCc2ccccc21. The Balaban J connectivity index is 2.02. The van der Waals surface area contributed by atoms with Crippen LogP contribution in [0.3, 0.4) is 0 Å². The monoisotopic (exact) mass is 328 g/mol. The summed E-state index contributed by atoms with van der Waals surface area (Å²) in [6.07, 6.45) is 3.15. The molecule has 2 aromatic carbocycles. The van der Waals surface area contributed by atoms with E-state index in [0.29, 0.717) is 0 Å². The van der Waals surface area contributed by atoms with Crippen molar-refractivity contribution < 1.29 is 4.79 Å². The Bertz CT molecular complexity index is 660. The minimum atomic E-state index is 0.0212. The van der Waals surface area contributed by atoms with Gasteiger partial charge in [0.2, 0.25) is 0 Å². The van der Waals surface area contributed by atoms with E-state index in [0.717, 1.165) is 34.9 Å². The molecule has 0 saturated carbocycles. The van der Waals surface area contributed by atoms with Gasteiger partial charge in [0.1, 0.15) is 0 Å². The van der Waals surface area contributed by atoms with Crippen molar-refractivity contribution in [3.8, 4) is 0 Å². The summed E-state index contributed by atoms with van der Waals surface area (Å²) in [4.78, 5) is 12.9. The fourth-order valence-corrected chi connectivity index (χ4v) is 3.43. The van der Waals surface area contributed by atoms with E-state index >= 15 is 0 Å². The summed E-state index contributed by atoms with van der Waals surface area (Å²) in [6, 6.07) is 14.3. The number of rotatable bonds is 2. The summed E-state index contributed by atoms with van der Waals surface area (Å²) in [5, 5.41) is 0. The van der Waals surface area contributed by atoms with E-state index in [1.165, 1.54) is 11.1 Å². The minimum Gasteiger partial charge on any atom is -0.293 e. The number of fused-ring (bicyclic) bond motifs is 1. The van der Waals surface area contributed by atoms with E-state index in [1.807, 2.05) is 31.2 Å².